The Morgan fingerprint density at radius 3 is 2.95 bits per heavy atom. The molecule has 6 nitrogen and oxygen atoms in total. The van der Waals surface area contributed by atoms with E-state index in [0.717, 1.165) is 43.4 Å². The van der Waals surface area contributed by atoms with Crippen LogP contribution in [0.25, 0.3) is 0 Å². The summed E-state index contributed by atoms with van der Waals surface area (Å²) < 4.78 is 0. The second-order valence-electron chi connectivity index (χ2n) is 4.99. The Hall–Kier alpha value is -1.85. The number of piperazine rings is 1. The van der Waals surface area contributed by atoms with Crippen molar-refractivity contribution in [1.82, 2.24) is 15.3 Å². The van der Waals surface area contributed by atoms with E-state index in [0.29, 0.717) is 6.54 Å². The number of anilines is 2. The van der Waals surface area contributed by atoms with Crippen LogP contribution in [-0.4, -0.2) is 41.6 Å². The predicted molar refractivity (Wildman–Crippen MR) is 80.0 cm³/mol. The van der Waals surface area contributed by atoms with Gasteiger partial charge in [0.15, 0.2) is 0 Å². The summed E-state index contributed by atoms with van der Waals surface area (Å²) in [7, 11) is 0. The van der Waals surface area contributed by atoms with Gasteiger partial charge in [-0.25, -0.2) is 9.97 Å². The molecule has 1 aromatic heterocycles. The highest BCUT2D eigenvalue weighted by Gasteiger charge is 2.29. The molecule has 1 aliphatic rings. The molecule has 110 valence electrons. The molecule has 1 unspecified atom stereocenters. The zero-order valence-corrected chi connectivity index (χ0v) is 12.4. The van der Waals surface area contributed by atoms with Crippen molar-refractivity contribution < 1.29 is 4.79 Å². The van der Waals surface area contributed by atoms with Crippen molar-refractivity contribution in [2.45, 2.75) is 39.7 Å². The van der Waals surface area contributed by atoms with Crippen LogP contribution in [-0.2, 0) is 4.79 Å². The van der Waals surface area contributed by atoms with Crippen LogP contribution in [0, 0.1) is 6.92 Å². The van der Waals surface area contributed by atoms with Crippen molar-refractivity contribution in [1.29, 1.82) is 0 Å². The van der Waals surface area contributed by atoms with Gasteiger partial charge in [-0.2, -0.15) is 0 Å². The third-order valence-electron chi connectivity index (χ3n) is 3.39. The molecule has 20 heavy (non-hydrogen) atoms. The van der Waals surface area contributed by atoms with Crippen molar-refractivity contribution in [2.75, 3.05) is 29.9 Å². The Bertz CT molecular complexity index is 477. The van der Waals surface area contributed by atoms with Gasteiger partial charge in [0.25, 0.3) is 0 Å². The van der Waals surface area contributed by atoms with Gasteiger partial charge in [0.1, 0.15) is 23.5 Å². The summed E-state index contributed by atoms with van der Waals surface area (Å²) in [4.78, 5) is 22.9. The molecule has 1 amide bonds. The molecule has 2 rings (SSSR count). The molecule has 2 N–H and O–H groups in total. The number of aryl methyl sites for hydroxylation is 1. The van der Waals surface area contributed by atoms with Crippen molar-refractivity contribution in [2.24, 2.45) is 0 Å². The van der Waals surface area contributed by atoms with Gasteiger partial charge in [0.2, 0.25) is 5.91 Å². The second kappa shape index (κ2) is 6.54. The molecule has 0 aromatic carbocycles. The van der Waals surface area contributed by atoms with E-state index in [1.807, 2.05) is 19.9 Å². The van der Waals surface area contributed by atoms with E-state index >= 15 is 0 Å². The summed E-state index contributed by atoms with van der Waals surface area (Å²) >= 11 is 0. The van der Waals surface area contributed by atoms with E-state index in [9.17, 15) is 4.79 Å². The fourth-order valence-electron chi connectivity index (χ4n) is 2.44. The zero-order chi connectivity index (χ0) is 14.5. The molecular weight excluding hydrogens is 254 g/mol. The van der Waals surface area contributed by atoms with E-state index in [2.05, 4.69) is 32.4 Å². The molecule has 1 saturated heterocycles. The van der Waals surface area contributed by atoms with E-state index in [4.69, 9.17) is 0 Å². The van der Waals surface area contributed by atoms with Gasteiger partial charge in [-0.3, -0.25) is 4.79 Å². The highest BCUT2D eigenvalue weighted by molar-refractivity contribution is 5.86. The monoisotopic (exact) mass is 277 g/mol. The molecule has 2 heterocycles. The van der Waals surface area contributed by atoms with Crippen molar-refractivity contribution in [3.63, 3.8) is 0 Å². The first kappa shape index (κ1) is 14.6. The summed E-state index contributed by atoms with van der Waals surface area (Å²) in [5.74, 6) is 2.47. The number of hydrogen-bond donors (Lipinski definition) is 2. The molecule has 0 aliphatic carbocycles. The maximum Gasteiger partial charge on any atom is 0.242 e. The van der Waals surface area contributed by atoms with Gasteiger partial charge in [0.05, 0.1) is 0 Å². The van der Waals surface area contributed by atoms with Crippen molar-refractivity contribution in [3.8, 4) is 0 Å². The molecule has 1 fully saturated rings. The third-order valence-corrected chi connectivity index (χ3v) is 3.39. The minimum Gasteiger partial charge on any atom is -0.370 e. The van der Waals surface area contributed by atoms with Crippen LogP contribution >= 0.6 is 0 Å². The Morgan fingerprint density at radius 1 is 1.45 bits per heavy atom. The highest BCUT2D eigenvalue weighted by atomic mass is 16.2. The van der Waals surface area contributed by atoms with Gasteiger partial charge < -0.3 is 15.5 Å². The van der Waals surface area contributed by atoms with E-state index < -0.39 is 0 Å². The molecular formula is C14H23N5O. The average Bonchev–Trinajstić information content (AvgIpc) is 2.44. The fraction of sp³-hybridized carbons (Fsp3) is 0.643. The minimum absolute atomic E-state index is 0.0816. The summed E-state index contributed by atoms with van der Waals surface area (Å²) in [5.41, 5.74) is 0. The second-order valence-corrected chi connectivity index (χ2v) is 4.99. The van der Waals surface area contributed by atoms with Crippen LogP contribution < -0.4 is 15.5 Å². The predicted octanol–water partition coefficient (Wildman–Crippen LogP) is 1.32. The van der Waals surface area contributed by atoms with Gasteiger partial charge in [-0.15, -0.1) is 0 Å². The van der Waals surface area contributed by atoms with Gasteiger partial charge in [0, 0.05) is 25.7 Å². The Kier molecular flexibility index (Phi) is 4.76. The topological polar surface area (TPSA) is 70.2 Å². The molecule has 1 aliphatic heterocycles. The first-order chi connectivity index (χ1) is 9.65. The number of nitrogens with one attached hydrogen (secondary N) is 2. The maximum atomic E-state index is 11.9. The number of aromatic nitrogens is 2. The van der Waals surface area contributed by atoms with Gasteiger partial charge in [-0.05, 0) is 19.8 Å². The number of amides is 1. The zero-order valence-electron chi connectivity index (χ0n) is 12.4. The number of carbonyl (C=O) groups excluding carboxylic acids is 1. The van der Waals surface area contributed by atoms with E-state index in [-0.39, 0.29) is 11.9 Å². The lowest BCUT2D eigenvalue weighted by Gasteiger charge is -2.35. The van der Waals surface area contributed by atoms with Crippen LogP contribution in [0.2, 0.25) is 0 Å². The fourth-order valence-corrected chi connectivity index (χ4v) is 2.44. The summed E-state index contributed by atoms with van der Waals surface area (Å²) in [6.45, 7) is 8.35. The summed E-state index contributed by atoms with van der Waals surface area (Å²) in [6, 6.07) is 1.79. The molecule has 1 aromatic rings. The Balaban J connectivity index is 2.25. The standard InChI is InChI=1S/C14H23N5O/c1-4-6-15-12-9-13(18-10(3)17-12)19-8-7-16-14(20)11(19)5-2/h9,11H,4-8H2,1-3H3,(H,16,20)(H,15,17,18). The van der Waals surface area contributed by atoms with Crippen LogP contribution in [0.4, 0.5) is 11.6 Å². The normalized spacial score (nSPS) is 18.9. The minimum atomic E-state index is -0.142. The molecule has 0 radical (unpaired) electrons. The van der Waals surface area contributed by atoms with Crippen LogP contribution in [0.5, 0.6) is 0 Å². The first-order valence-corrected chi connectivity index (χ1v) is 7.29. The smallest absolute Gasteiger partial charge is 0.242 e. The first-order valence-electron chi connectivity index (χ1n) is 7.29. The van der Waals surface area contributed by atoms with E-state index in [1.165, 1.54) is 0 Å². The largest absolute Gasteiger partial charge is 0.370 e. The van der Waals surface area contributed by atoms with Crippen molar-refractivity contribution >= 4 is 17.5 Å². The quantitative estimate of drug-likeness (QED) is 0.849. The van der Waals surface area contributed by atoms with Crippen LogP contribution in [0.15, 0.2) is 6.07 Å². The van der Waals surface area contributed by atoms with Gasteiger partial charge in [-0.1, -0.05) is 13.8 Å². The number of nitrogens with zero attached hydrogens (tertiary/aromatic N) is 3. The van der Waals surface area contributed by atoms with Crippen LogP contribution in [0.3, 0.4) is 0 Å². The number of carbonyl (C=O) groups is 1. The molecule has 0 spiro atoms. The van der Waals surface area contributed by atoms with Crippen molar-refractivity contribution in [3.05, 3.63) is 11.9 Å². The number of rotatable bonds is 5. The van der Waals surface area contributed by atoms with Crippen LogP contribution in [0.1, 0.15) is 32.5 Å². The van der Waals surface area contributed by atoms with E-state index in [1.54, 1.807) is 0 Å². The SMILES string of the molecule is CCCNc1cc(N2CCNC(=O)C2CC)nc(C)n1. The van der Waals surface area contributed by atoms with Gasteiger partial charge >= 0.3 is 0 Å². The summed E-state index contributed by atoms with van der Waals surface area (Å²) in [6.07, 6.45) is 1.81. The molecule has 6 heteroatoms. The lowest BCUT2D eigenvalue weighted by molar-refractivity contribution is -0.123. The highest BCUT2D eigenvalue weighted by Crippen LogP contribution is 2.21. The Labute approximate surface area is 120 Å². The third kappa shape index (κ3) is 3.18. The lowest BCUT2D eigenvalue weighted by atomic mass is 10.1. The molecule has 0 bridgehead atoms. The number of hydrogen-bond acceptors (Lipinski definition) is 5. The summed E-state index contributed by atoms with van der Waals surface area (Å²) in [5, 5.41) is 6.19. The molecule has 1 atom stereocenters. The average molecular weight is 277 g/mol. The maximum absolute atomic E-state index is 11.9. The Morgan fingerprint density at radius 2 is 2.25 bits per heavy atom. The molecule has 0 saturated carbocycles. The lowest BCUT2D eigenvalue weighted by Crippen LogP contribution is -2.55.